The van der Waals surface area contributed by atoms with E-state index < -0.39 is 31.0 Å². The van der Waals surface area contributed by atoms with Crippen molar-refractivity contribution in [1.82, 2.24) is 19.3 Å². The molecule has 0 aliphatic carbocycles. The number of nitrogens with zero attached hydrogens (tertiary/aromatic N) is 4. The predicted octanol–water partition coefficient (Wildman–Crippen LogP) is 3.18. The molecule has 1 atom stereocenters. The number of sulfonamides is 1. The number of aromatic nitrogens is 2. The van der Waals surface area contributed by atoms with Gasteiger partial charge in [0.15, 0.2) is 15.7 Å². The van der Waals surface area contributed by atoms with E-state index in [0.717, 1.165) is 12.8 Å². The number of carbonyl (C=O) groups is 1. The zero-order valence-corrected chi connectivity index (χ0v) is 23.5. The maximum Gasteiger partial charge on any atom is 0.243 e. The van der Waals surface area contributed by atoms with E-state index in [2.05, 4.69) is 10.1 Å². The van der Waals surface area contributed by atoms with Crippen molar-refractivity contribution >= 4 is 25.8 Å². The highest BCUT2D eigenvalue weighted by Crippen LogP contribution is 2.31. The molecule has 0 spiro atoms. The minimum atomic E-state index is -3.85. The van der Waals surface area contributed by atoms with Crippen LogP contribution in [0.5, 0.6) is 0 Å². The van der Waals surface area contributed by atoms with Gasteiger partial charge in [-0.15, -0.1) is 0 Å². The van der Waals surface area contributed by atoms with Crippen molar-refractivity contribution < 1.29 is 26.2 Å². The van der Waals surface area contributed by atoms with Crippen molar-refractivity contribution in [2.45, 2.75) is 80.3 Å². The Balaban J connectivity index is 1.39. The first-order valence-corrected chi connectivity index (χ1v) is 15.9. The summed E-state index contributed by atoms with van der Waals surface area (Å²) in [5, 5.41) is 3.44. The molecule has 0 radical (unpaired) electrons. The normalized spacial score (nSPS) is 20.6. The van der Waals surface area contributed by atoms with Crippen LogP contribution in [-0.2, 0) is 24.7 Å². The van der Waals surface area contributed by atoms with Gasteiger partial charge in [0.05, 0.1) is 21.0 Å². The third-order valence-corrected chi connectivity index (χ3v) is 11.3. The molecule has 37 heavy (non-hydrogen) atoms. The first kappa shape index (κ1) is 27.7. The molecule has 4 rings (SSSR count). The Labute approximate surface area is 219 Å². The molecule has 3 heterocycles. The predicted molar refractivity (Wildman–Crippen MR) is 137 cm³/mol. The summed E-state index contributed by atoms with van der Waals surface area (Å²) in [6, 6.07) is 5.35. The van der Waals surface area contributed by atoms with E-state index in [4.69, 9.17) is 4.52 Å². The van der Waals surface area contributed by atoms with Crippen LogP contribution in [0.15, 0.2) is 38.6 Å². The Morgan fingerprint density at radius 1 is 0.946 bits per heavy atom. The molecule has 0 bridgehead atoms. The number of sulfone groups is 1. The molecule has 1 amide bonds. The van der Waals surface area contributed by atoms with E-state index in [1.165, 1.54) is 28.6 Å². The molecule has 2 fully saturated rings. The van der Waals surface area contributed by atoms with Gasteiger partial charge in [-0.3, -0.25) is 4.79 Å². The maximum absolute atomic E-state index is 13.3. The summed E-state index contributed by atoms with van der Waals surface area (Å²) < 4.78 is 58.2. The quantitative estimate of drug-likeness (QED) is 0.512. The fourth-order valence-corrected chi connectivity index (χ4v) is 7.42. The Hall–Kier alpha value is -2.31. The SMILES string of the molecule is CC(C)c1noc(C2CCN(C(=O)[C@@H]3CCCN(S(=O)(=O)c4ccc(S(=O)(=O)C(C)C)cc4)C3)CC2)n1. The van der Waals surface area contributed by atoms with E-state index >= 15 is 0 Å². The average molecular weight is 553 g/mol. The largest absolute Gasteiger partial charge is 0.342 e. The van der Waals surface area contributed by atoms with Crippen LogP contribution in [0.2, 0.25) is 0 Å². The smallest absolute Gasteiger partial charge is 0.243 e. The van der Waals surface area contributed by atoms with Gasteiger partial charge in [0.25, 0.3) is 0 Å². The second-order valence-corrected chi connectivity index (χ2v) is 15.0. The lowest BCUT2D eigenvalue weighted by molar-refractivity contribution is -0.137. The van der Waals surface area contributed by atoms with Crippen LogP contribution in [0.4, 0.5) is 0 Å². The van der Waals surface area contributed by atoms with Crippen LogP contribution < -0.4 is 0 Å². The van der Waals surface area contributed by atoms with Gasteiger partial charge in [-0.1, -0.05) is 19.0 Å². The number of hydrogen-bond acceptors (Lipinski definition) is 8. The number of benzene rings is 1. The molecule has 2 saturated heterocycles. The van der Waals surface area contributed by atoms with Crippen molar-refractivity contribution in [1.29, 1.82) is 0 Å². The van der Waals surface area contributed by atoms with E-state index in [1.54, 1.807) is 13.8 Å². The molecule has 2 aliphatic rings. The molecular formula is C25H36N4O6S2. The zero-order chi connectivity index (χ0) is 27.0. The van der Waals surface area contributed by atoms with E-state index in [9.17, 15) is 21.6 Å². The Kier molecular flexibility index (Phi) is 8.10. The lowest BCUT2D eigenvalue weighted by Gasteiger charge is -2.36. The molecule has 0 N–H and O–H groups in total. The van der Waals surface area contributed by atoms with Crippen molar-refractivity contribution in [2.75, 3.05) is 26.2 Å². The maximum atomic E-state index is 13.3. The lowest BCUT2D eigenvalue weighted by Crippen LogP contribution is -2.48. The van der Waals surface area contributed by atoms with Gasteiger partial charge in [-0.05, 0) is 63.8 Å². The van der Waals surface area contributed by atoms with Crippen molar-refractivity contribution in [3.63, 3.8) is 0 Å². The van der Waals surface area contributed by atoms with Gasteiger partial charge in [0, 0.05) is 38.0 Å². The number of likely N-dealkylation sites (tertiary alicyclic amines) is 1. The van der Waals surface area contributed by atoms with Gasteiger partial charge >= 0.3 is 0 Å². The van der Waals surface area contributed by atoms with E-state index in [-0.39, 0.29) is 34.1 Å². The highest BCUT2D eigenvalue weighted by molar-refractivity contribution is 7.92. The summed E-state index contributed by atoms with van der Waals surface area (Å²) in [4.78, 5) is 19.8. The lowest BCUT2D eigenvalue weighted by atomic mass is 9.93. The van der Waals surface area contributed by atoms with Gasteiger partial charge in [0.2, 0.25) is 21.8 Å². The highest BCUT2D eigenvalue weighted by atomic mass is 32.2. The number of amides is 1. The first-order valence-electron chi connectivity index (χ1n) is 12.9. The van der Waals surface area contributed by atoms with Gasteiger partial charge in [-0.2, -0.15) is 9.29 Å². The van der Waals surface area contributed by atoms with Crippen molar-refractivity contribution in [3.05, 3.63) is 36.0 Å². The third-order valence-electron chi connectivity index (χ3n) is 7.27. The second-order valence-electron chi connectivity index (χ2n) is 10.5. The number of piperidine rings is 2. The van der Waals surface area contributed by atoms with Gasteiger partial charge in [0.1, 0.15) is 0 Å². The molecule has 0 saturated carbocycles. The molecule has 0 unspecified atom stereocenters. The molecule has 204 valence electrons. The van der Waals surface area contributed by atoms with Crippen LogP contribution in [0.25, 0.3) is 0 Å². The minimum Gasteiger partial charge on any atom is -0.342 e. The summed E-state index contributed by atoms with van der Waals surface area (Å²) >= 11 is 0. The molecule has 1 aromatic carbocycles. The topological polar surface area (TPSA) is 131 Å². The Morgan fingerprint density at radius 3 is 2.14 bits per heavy atom. The Bertz CT molecular complexity index is 1310. The Morgan fingerprint density at radius 2 is 1.57 bits per heavy atom. The standard InChI is InChI=1S/C25H36N4O6S2/c1-17(2)23-26-24(35-27-23)19-11-14-28(15-12-19)25(30)20-6-5-13-29(16-20)37(33,34)22-9-7-21(8-10-22)36(31,32)18(3)4/h7-10,17-20H,5-6,11-16H2,1-4H3/t20-/m1/s1. The molecular weight excluding hydrogens is 516 g/mol. The summed E-state index contributed by atoms with van der Waals surface area (Å²) in [5.41, 5.74) is 0. The van der Waals surface area contributed by atoms with E-state index in [0.29, 0.717) is 44.2 Å². The molecule has 10 nitrogen and oxygen atoms in total. The first-order chi connectivity index (χ1) is 17.4. The monoisotopic (exact) mass is 552 g/mol. The van der Waals surface area contributed by atoms with Crippen molar-refractivity contribution in [2.24, 2.45) is 5.92 Å². The van der Waals surface area contributed by atoms with Crippen LogP contribution in [0.1, 0.15) is 76.9 Å². The van der Waals surface area contributed by atoms with Crippen LogP contribution in [0, 0.1) is 5.92 Å². The zero-order valence-electron chi connectivity index (χ0n) is 21.8. The van der Waals surface area contributed by atoms with Crippen LogP contribution in [-0.4, -0.2) is 73.5 Å². The molecule has 12 heteroatoms. The fourth-order valence-electron chi connectivity index (χ4n) is 4.84. The van der Waals surface area contributed by atoms with E-state index in [1.807, 2.05) is 18.7 Å². The molecule has 1 aromatic heterocycles. The summed E-state index contributed by atoms with van der Waals surface area (Å²) in [5.74, 6) is 1.19. The van der Waals surface area contributed by atoms with Gasteiger partial charge in [-0.25, -0.2) is 16.8 Å². The summed E-state index contributed by atoms with van der Waals surface area (Å²) in [6.45, 7) is 8.77. The summed E-state index contributed by atoms with van der Waals surface area (Å²) in [6.07, 6.45) is 2.68. The fraction of sp³-hybridized carbons (Fsp3) is 0.640. The number of carbonyl (C=O) groups excluding carboxylic acids is 1. The molecule has 2 aromatic rings. The van der Waals surface area contributed by atoms with Gasteiger partial charge < -0.3 is 9.42 Å². The average Bonchev–Trinajstić information content (AvgIpc) is 3.39. The molecule has 2 aliphatic heterocycles. The van der Waals surface area contributed by atoms with Crippen molar-refractivity contribution in [3.8, 4) is 0 Å². The van der Waals surface area contributed by atoms with Crippen LogP contribution in [0.3, 0.4) is 0 Å². The number of hydrogen-bond donors (Lipinski definition) is 0. The number of rotatable bonds is 7. The highest BCUT2D eigenvalue weighted by Gasteiger charge is 2.37. The minimum absolute atomic E-state index is 0.0230. The third kappa shape index (κ3) is 5.75. The van der Waals surface area contributed by atoms with Crippen LogP contribution >= 0.6 is 0 Å². The summed E-state index contributed by atoms with van der Waals surface area (Å²) in [7, 11) is -7.34. The second kappa shape index (κ2) is 10.8.